The molecule has 0 saturated heterocycles. The van der Waals surface area contributed by atoms with Crippen LogP contribution in [0, 0.1) is 6.92 Å². The van der Waals surface area contributed by atoms with Gasteiger partial charge in [0.2, 0.25) is 5.91 Å². The fourth-order valence-electron chi connectivity index (χ4n) is 3.21. The highest BCUT2D eigenvalue weighted by atomic mass is 79.9. The molecule has 5 nitrogen and oxygen atoms in total. The smallest absolute Gasteiger partial charge is 0.261 e. The molecule has 1 N–H and O–H groups in total. The highest BCUT2D eigenvalue weighted by molar-refractivity contribution is 9.10. The van der Waals surface area contributed by atoms with E-state index in [0.717, 1.165) is 16.8 Å². The standard InChI is InChI=1S/C19H21BrN2O3S/c1-12-5-7-17(16(20)9-12)21-26(24,25)14-6-8-18-15(10-14)19(3,4)11-22(18)13(2)23/h5-10,21H,11H2,1-4H3. The zero-order chi connectivity index (χ0) is 19.3. The lowest BCUT2D eigenvalue weighted by atomic mass is 9.87. The summed E-state index contributed by atoms with van der Waals surface area (Å²) in [5, 5.41) is 0. The topological polar surface area (TPSA) is 66.5 Å². The largest absolute Gasteiger partial charge is 0.311 e. The fourth-order valence-corrected chi connectivity index (χ4v) is 5.04. The van der Waals surface area contributed by atoms with Crippen LogP contribution in [0.4, 0.5) is 11.4 Å². The number of carbonyl (C=O) groups excluding carboxylic acids is 1. The Morgan fingerprint density at radius 2 is 1.88 bits per heavy atom. The number of benzene rings is 2. The number of nitrogens with one attached hydrogen (secondary N) is 1. The van der Waals surface area contributed by atoms with Crippen molar-refractivity contribution >= 4 is 43.2 Å². The van der Waals surface area contributed by atoms with Gasteiger partial charge in [0.05, 0.1) is 10.6 Å². The van der Waals surface area contributed by atoms with Gasteiger partial charge in [-0.2, -0.15) is 0 Å². The number of hydrogen-bond acceptors (Lipinski definition) is 3. The average molecular weight is 437 g/mol. The number of nitrogens with zero attached hydrogens (tertiary/aromatic N) is 1. The first-order valence-corrected chi connectivity index (χ1v) is 10.5. The molecule has 2 aromatic carbocycles. The molecule has 1 amide bonds. The van der Waals surface area contributed by atoms with Gasteiger partial charge in [0.15, 0.2) is 0 Å². The zero-order valence-corrected chi connectivity index (χ0v) is 17.5. The van der Waals surface area contributed by atoms with E-state index in [9.17, 15) is 13.2 Å². The molecule has 7 heteroatoms. The van der Waals surface area contributed by atoms with Gasteiger partial charge in [0, 0.05) is 29.0 Å². The second kappa shape index (κ2) is 6.39. The first kappa shape index (κ1) is 18.9. The third kappa shape index (κ3) is 3.38. The van der Waals surface area contributed by atoms with Crippen molar-refractivity contribution in [1.82, 2.24) is 0 Å². The lowest BCUT2D eigenvalue weighted by Gasteiger charge is -2.19. The third-order valence-corrected chi connectivity index (χ3v) is 6.62. The molecule has 138 valence electrons. The maximum Gasteiger partial charge on any atom is 0.261 e. The molecule has 0 unspecified atom stereocenters. The Bertz CT molecular complexity index is 1000. The van der Waals surface area contributed by atoms with Crippen molar-refractivity contribution in [2.75, 3.05) is 16.2 Å². The Morgan fingerprint density at radius 3 is 2.50 bits per heavy atom. The maximum absolute atomic E-state index is 12.9. The van der Waals surface area contributed by atoms with E-state index in [0.29, 0.717) is 16.7 Å². The monoisotopic (exact) mass is 436 g/mol. The van der Waals surface area contributed by atoms with E-state index in [4.69, 9.17) is 0 Å². The molecule has 0 aliphatic carbocycles. The number of halogens is 1. The highest BCUT2D eigenvalue weighted by Crippen LogP contribution is 2.41. The molecular weight excluding hydrogens is 416 g/mol. The van der Waals surface area contributed by atoms with E-state index >= 15 is 0 Å². The number of rotatable bonds is 3. The van der Waals surface area contributed by atoms with Crippen molar-refractivity contribution in [3.63, 3.8) is 0 Å². The first-order valence-electron chi connectivity index (χ1n) is 8.23. The lowest BCUT2D eigenvalue weighted by molar-refractivity contribution is -0.116. The van der Waals surface area contributed by atoms with Gasteiger partial charge >= 0.3 is 0 Å². The Morgan fingerprint density at radius 1 is 1.19 bits per heavy atom. The number of carbonyl (C=O) groups is 1. The lowest BCUT2D eigenvalue weighted by Crippen LogP contribution is -2.31. The summed E-state index contributed by atoms with van der Waals surface area (Å²) in [6.45, 7) is 8.02. The van der Waals surface area contributed by atoms with Crippen LogP contribution >= 0.6 is 15.9 Å². The van der Waals surface area contributed by atoms with Crippen LogP contribution in [0.5, 0.6) is 0 Å². The van der Waals surface area contributed by atoms with Gasteiger partial charge in [-0.05, 0) is 64.3 Å². The minimum Gasteiger partial charge on any atom is -0.311 e. The number of amides is 1. The van der Waals surface area contributed by atoms with Gasteiger partial charge in [-0.25, -0.2) is 8.42 Å². The van der Waals surface area contributed by atoms with Gasteiger partial charge in [-0.3, -0.25) is 9.52 Å². The average Bonchev–Trinajstić information content (AvgIpc) is 2.81. The van der Waals surface area contributed by atoms with Crippen LogP contribution in [0.25, 0.3) is 0 Å². The summed E-state index contributed by atoms with van der Waals surface area (Å²) >= 11 is 3.39. The van der Waals surface area contributed by atoms with E-state index in [1.165, 1.54) is 6.92 Å². The summed E-state index contributed by atoms with van der Waals surface area (Å²) in [5.41, 5.74) is 2.84. The molecule has 3 rings (SSSR count). The maximum atomic E-state index is 12.9. The number of aryl methyl sites for hydroxylation is 1. The minimum absolute atomic E-state index is 0.0471. The summed E-state index contributed by atoms with van der Waals surface area (Å²) in [5.74, 6) is -0.0471. The normalized spacial score (nSPS) is 15.7. The zero-order valence-electron chi connectivity index (χ0n) is 15.1. The Hall–Kier alpha value is -1.86. The molecular formula is C19H21BrN2O3S. The van der Waals surface area contributed by atoms with Crippen LogP contribution in [0.15, 0.2) is 45.8 Å². The number of anilines is 2. The molecule has 0 spiro atoms. The van der Waals surface area contributed by atoms with Crippen LogP contribution in [-0.2, 0) is 20.2 Å². The van der Waals surface area contributed by atoms with Gasteiger partial charge in [-0.15, -0.1) is 0 Å². The van der Waals surface area contributed by atoms with Crippen molar-refractivity contribution in [2.24, 2.45) is 0 Å². The molecule has 26 heavy (non-hydrogen) atoms. The molecule has 1 heterocycles. The summed E-state index contributed by atoms with van der Waals surface area (Å²) in [6.07, 6.45) is 0. The summed E-state index contributed by atoms with van der Waals surface area (Å²) < 4.78 is 29.0. The van der Waals surface area contributed by atoms with Crippen molar-refractivity contribution in [2.45, 2.75) is 38.0 Å². The van der Waals surface area contributed by atoms with E-state index < -0.39 is 10.0 Å². The van der Waals surface area contributed by atoms with Crippen LogP contribution in [-0.4, -0.2) is 20.9 Å². The van der Waals surface area contributed by atoms with Gasteiger partial charge in [0.1, 0.15) is 0 Å². The number of fused-ring (bicyclic) bond motifs is 1. The number of sulfonamides is 1. The molecule has 0 fully saturated rings. The summed E-state index contributed by atoms with van der Waals surface area (Å²) in [4.78, 5) is 13.7. The molecule has 0 aromatic heterocycles. The van der Waals surface area contributed by atoms with Crippen LogP contribution in [0.1, 0.15) is 31.9 Å². The predicted molar refractivity (Wildman–Crippen MR) is 107 cm³/mol. The molecule has 0 bridgehead atoms. The summed E-state index contributed by atoms with van der Waals surface area (Å²) in [6, 6.07) is 10.4. The second-order valence-electron chi connectivity index (χ2n) is 7.26. The van der Waals surface area contributed by atoms with Crippen LogP contribution < -0.4 is 9.62 Å². The molecule has 1 aliphatic heterocycles. The van der Waals surface area contributed by atoms with Crippen LogP contribution in [0.2, 0.25) is 0 Å². The van der Waals surface area contributed by atoms with Gasteiger partial charge < -0.3 is 4.90 Å². The molecule has 2 aromatic rings. The van der Waals surface area contributed by atoms with Gasteiger partial charge in [-0.1, -0.05) is 19.9 Å². The minimum atomic E-state index is -3.74. The quantitative estimate of drug-likeness (QED) is 0.783. The van der Waals surface area contributed by atoms with E-state index in [2.05, 4.69) is 20.7 Å². The van der Waals surface area contributed by atoms with Crippen molar-refractivity contribution < 1.29 is 13.2 Å². The molecule has 0 atom stereocenters. The molecule has 0 saturated carbocycles. The Balaban J connectivity index is 2.01. The summed E-state index contributed by atoms with van der Waals surface area (Å²) in [7, 11) is -3.74. The van der Waals surface area contributed by atoms with E-state index in [1.54, 1.807) is 29.2 Å². The van der Waals surface area contributed by atoms with E-state index in [1.807, 2.05) is 32.9 Å². The Labute approximate surface area is 162 Å². The SMILES string of the molecule is CC(=O)N1CC(C)(C)c2cc(S(=O)(=O)Nc3ccc(C)cc3Br)ccc21. The van der Waals surface area contributed by atoms with Crippen molar-refractivity contribution in [1.29, 1.82) is 0 Å². The second-order valence-corrected chi connectivity index (χ2v) is 9.79. The van der Waals surface area contributed by atoms with Crippen LogP contribution in [0.3, 0.4) is 0 Å². The fraction of sp³-hybridized carbons (Fsp3) is 0.316. The number of hydrogen-bond donors (Lipinski definition) is 1. The van der Waals surface area contributed by atoms with Crippen molar-refractivity contribution in [3.05, 3.63) is 52.0 Å². The molecule has 0 radical (unpaired) electrons. The Kier molecular flexibility index (Phi) is 4.65. The highest BCUT2D eigenvalue weighted by Gasteiger charge is 2.37. The van der Waals surface area contributed by atoms with Gasteiger partial charge in [0.25, 0.3) is 10.0 Å². The predicted octanol–water partition coefficient (Wildman–Crippen LogP) is 4.20. The van der Waals surface area contributed by atoms with E-state index in [-0.39, 0.29) is 16.2 Å². The third-order valence-electron chi connectivity index (χ3n) is 4.60. The molecule has 1 aliphatic rings. The first-order chi connectivity index (χ1) is 12.0. The van der Waals surface area contributed by atoms with Crippen molar-refractivity contribution in [3.8, 4) is 0 Å².